The molecular weight excluding hydrogens is 246 g/mol. The van der Waals surface area contributed by atoms with Gasteiger partial charge in [0.2, 0.25) is 0 Å². The fourth-order valence-corrected chi connectivity index (χ4v) is 2.54. The van der Waals surface area contributed by atoms with Gasteiger partial charge in [0.15, 0.2) is 0 Å². The lowest BCUT2D eigenvalue weighted by molar-refractivity contribution is 0.519. The molecule has 0 aliphatic carbocycles. The fraction of sp³-hybridized carbons (Fsp3) is 0.588. The van der Waals surface area contributed by atoms with Crippen LogP contribution < -0.4 is 5.32 Å². The van der Waals surface area contributed by atoms with Crippen molar-refractivity contribution in [3.8, 4) is 0 Å². The monoisotopic (exact) mass is 273 g/mol. The van der Waals surface area contributed by atoms with E-state index < -0.39 is 0 Å². The molecule has 20 heavy (non-hydrogen) atoms. The third-order valence-corrected chi connectivity index (χ3v) is 3.50. The van der Waals surface area contributed by atoms with Crippen LogP contribution in [0.15, 0.2) is 24.3 Å². The fourth-order valence-electron chi connectivity index (χ4n) is 2.54. The summed E-state index contributed by atoms with van der Waals surface area (Å²) in [7, 11) is 0. The third kappa shape index (κ3) is 3.83. The standard InChI is InChI=1S/C17H27N3/c1-4-8-17-19-15-9-5-6-10-16(15)20(17)12-7-11-18-13-14(2)3/h5-6,9-10,14,18H,4,7-8,11-13H2,1-3H3. The molecule has 2 rings (SSSR count). The first-order chi connectivity index (χ1) is 9.72. The molecule has 1 heterocycles. The van der Waals surface area contributed by atoms with Crippen LogP contribution in [0.4, 0.5) is 0 Å². The molecule has 0 atom stereocenters. The molecule has 0 radical (unpaired) electrons. The third-order valence-electron chi connectivity index (χ3n) is 3.50. The summed E-state index contributed by atoms with van der Waals surface area (Å²) in [4.78, 5) is 4.77. The van der Waals surface area contributed by atoms with E-state index in [0.717, 1.165) is 50.3 Å². The Morgan fingerprint density at radius 3 is 2.80 bits per heavy atom. The zero-order chi connectivity index (χ0) is 14.4. The van der Waals surface area contributed by atoms with Gasteiger partial charge < -0.3 is 9.88 Å². The van der Waals surface area contributed by atoms with E-state index in [1.54, 1.807) is 0 Å². The Hall–Kier alpha value is -1.35. The summed E-state index contributed by atoms with van der Waals surface area (Å²) >= 11 is 0. The van der Waals surface area contributed by atoms with Gasteiger partial charge in [-0.1, -0.05) is 32.9 Å². The van der Waals surface area contributed by atoms with E-state index in [1.165, 1.54) is 11.3 Å². The predicted molar refractivity (Wildman–Crippen MR) is 86.1 cm³/mol. The lowest BCUT2D eigenvalue weighted by Crippen LogP contribution is -2.22. The van der Waals surface area contributed by atoms with Crippen molar-refractivity contribution in [3.05, 3.63) is 30.1 Å². The summed E-state index contributed by atoms with van der Waals surface area (Å²) < 4.78 is 2.40. The second-order valence-electron chi connectivity index (χ2n) is 5.87. The molecule has 0 aliphatic heterocycles. The minimum atomic E-state index is 0.722. The van der Waals surface area contributed by atoms with E-state index >= 15 is 0 Å². The molecule has 0 aliphatic rings. The largest absolute Gasteiger partial charge is 0.328 e. The minimum absolute atomic E-state index is 0.722. The SMILES string of the molecule is CCCc1nc2ccccc2n1CCCNCC(C)C. The van der Waals surface area contributed by atoms with Crippen molar-refractivity contribution in [2.24, 2.45) is 5.92 Å². The summed E-state index contributed by atoms with van der Waals surface area (Å²) in [5, 5.41) is 3.51. The van der Waals surface area contributed by atoms with Crippen LogP contribution in [0.1, 0.15) is 39.4 Å². The highest BCUT2D eigenvalue weighted by Gasteiger charge is 2.08. The van der Waals surface area contributed by atoms with Gasteiger partial charge in [-0.05, 0) is 44.0 Å². The highest BCUT2D eigenvalue weighted by Crippen LogP contribution is 2.17. The van der Waals surface area contributed by atoms with Gasteiger partial charge in [0.05, 0.1) is 11.0 Å². The molecule has 110 valence electrons. The Bertz CT molecular complexity index is 528. The van der Waals surface area contributed by atoms with Gasteiger partial charge in [0.1, 0.15) is 5.82 Å². The van der Waals surface area contributed by atoms with Crippen LogP contribution in [0.3, 0.4) is 0 Å². The second kappa shape index (κ2) is 7.44. The molecule has 3 nitrogen and oxygen atoms in total. The molecule has 0 amide bonds. The molecule has 0 spiro atoms. The van der Waals surface area contributed by atoms with Gasteiger partial charge in [-0.2, -0.15) is 0 Å². The van der Waals surface area contributed by atoms with Crippen molar-refractivity contribution in [2.75, 3.05) is 13.1 Å². The van der Waals surface area contributed by atoms with Crippen molar-refractivity contribution in [2.45, 2.75) is 46.6 Å². The smallest absolute Gasteiger partial charge is 0.109 e. The number of rotatable bonds is 8. The Balaban J connectivity index is 2.01. The molecule has 1 aromatic carbocycles. The number of fused-ring (bicyclic) bond motifs is 1. The van der Waals surface area contributed by atoms with Crippen molar-refractivity contribution in [3.63, 3.8) is 0 Å². The number of nitrogens with one attached hydrogen (secondary N) is 1. The van der Waals surface area contributed by atoms with Crippen LogP contribution in [-0.2, 0) is 13.0 Å². The minimum Gasteiger partial charge on any atom is -0.328 e. The van der Waals surface area contributed by atoms with E-state index in [1.807, 2.05) is 0 Å². The Labute approximate surface area is 122 Å². The predicted octanol–water partition coefficient (Wildman–Crippen LogP) is 3.62. The van der Waals surface area contributed by atoms with Crippen LogP contribution in [0, 0.1) is 5.92 Å². The summed E-state index contributed by atoms with van der Waals surface area (Å²) in [5.74, 6) is 1.96. The first kappa shape index (κ1) is 15.0. The van der Waals surface area contributed by atoms with Gasteiger partial charge in [-0.3, -0.25) is 0 Å². The van der Waals surface area contributed by atoms with Gasteiger partial charge in [0, 0.05) is 13.0 Å². The maximum absolute atomic E-state index is 4.77. The van der Waals surface area contributed by atoms with Gasteiger partial charge >= 0.3 is 0 Å². The van der Waals surface area contributed by atoms with Gasteiger partial charge in [-0.15, -0.1) is 0 Å². The van der Waals surface area contributed by atoms with Gasteiger partial charge in [0.25, 0.3) is 0 Å². The van der Waals surface area contributed by atoms with Crippen LogP contribution in [-0.4, -0.2) is 22.6 Å². The molecule has 1 N–H and O–H groups in total. The zero-order valence-electron chi connectivity index (χ0n) is 13.0. The number of hydrogen-bond donors (Lipinski definition) is 1. The number of benzene rings is 1. The van der Waals surface area contributed by atoms with E-state index in [0.29, 0.717) is 0 Å². The normalized spacial score (nSPS) is 11.6. The molecule has 3 heteroatoms. The topological polar surface area (TPSA) is 29.9 Å². The molecule has 0 unspecified atom stereocenters. The molecule has 2 aromatic rings. The van der Waals surface area contributed by atoms with E-state index in [4.69, 9.17) is 4.98 Å². The molecule has 0 saturated carbocycles. The number of hydrogen-bond acceptors (Lipinski definition) is 2. The number of nitrogens with zero attached hydrogens (tertiary/aromatic N) is 2. The summed E-state index contributed by atoms with van der Waals surface area (Å²) in [5.41, 5.74) is 2.41. The van der Waals surface area contributed by atoms with Crippen molar-refractivity contribution < 1.29 is 0 Å². The molecule has 0 bridgehead atoms. The maximum Gasteiger partial charge on any atom is 0.109 e. The lowest BCUT2D eigenvalue weighted by atomic mass is 10.2. The Morgan fingerprint density at radius 2 is 2.05 bits per heavy atom. The van der Waals surface area contributed by atoms with Crippen LogP contribution >= 0.6 is 0 Å². The summed E-state index contributed by atoms with van der Waals surface area (Å²) in [6.07, 6.45) is 3.37. The van der Waals surface area contributed by atoms with Crippen molar-refractivity contribution in [1.82, 2.24) is 14.9 Å². The number of para-hydroxylation sites is 2. The van der Waals surface area contributed by atoms with Crippen LogP contribution in [0.25, 0.3) is 11.0 Å². The van der Waals surface area contributed by atoms with E-state index in [-0.39, 0.29) is 0 Å². The number of aromatic nitrogens is 2. The Kier molecular flexibility index (Phi) is 5.60. The molecule has 0 saturated heterocycles. The summed E-state index contributed by atoms with van der Waals surface area (Å²) in [6.45, 7) is 9.95. The van der Waals surface area contributed by atoms with E-state index in [2.05, 4.69) is 54.9 Å². The molecule has 1 aromatic heterocycles. The zero-order valence-corrected chi connectivity index (χ0v) is 13.0. The average molecular weight is 273 g/mol. The van der Waals surface area contributed by atoms with Crippen LogP contribution in [0.2, 0.25) is 0 Å². The Morgan fingerprint density at radius 1 is 1.25 bits per heavy atom. The highest BCUT2D eigenvalue weighted by molar-refractivity contribution is 5.75. The molecule has 0 fully saturated rings. The average Bonchev–Trinajstić information content (AvgIpc) is 2.76. The number of aryl methyl sites for hydroxylation is 2. The first-order valence-electron chi connectivity index (χ1n) is 7.87. The van der Waals surface area contributed by atoms with Crippen LogP contribution in [0.5, 0.6) is 0 Å². The lowest BCUT2D eigenvalue weighted by Gasteiger charge is -2.10. The van der Waals surface area contributed by atoms with Crippen molar-refractivity contribution >= 4 is 11.0 Å². The second-order valence-corrected chi connectivity index (χ2v) is 5.87. The first-order valence-corrected chi connectivity index (χ1v) is 7.87. The highest BCUT2D eigenvalue weighted by atomic mass is 15.1. The maximum atomic E-state index is 4.77. The quantitative estimate of drug-likeness (QED) is 0.744. The molecular formula is C17H27N3. The van der Waals surface area contributed by atoms with Crippen molar-refractivity contribution in [1.29, 1.82) is 0 Å². The number of imidazole rings is 1. The summed E-state index contributed by atoms with van der Waals surface area (Å²) in [6, 6.07) is 8.47. The van der Waals surface area contributed by atoms with Gasteiger partial charge in [-0.25, -0.2) is 4.98 Å². The van der Waals surface area contributed by atoms with E-state index in [9.17, 15) is 0 Å².